The number of hydrogen-bond acceptors (Lipinski definition) is 3. The lowest BCUT2D eigenvalue weighted by molar-refractivity contribution is 0.584. The average Bonchev–Trinajstić information content (AvgIpc) is 2.72. The van der Waals surface area contributed by atoms with E-state index in [2.05, 4.69) is 10.1 Å². The minimum Gasteiger partial charge on any atom is -0.387 e. The molecule has 17 heavy (non-hydrogen) atoms. The van der Waals surface area contributed by atoms with Crippen LogP contribution in [0.15, 0.2) is 24.5 Å². The molecule has 1 aromatic heterocycles. The molecule has 7 heteroatoms. The van der Waals surface area contributed by atoms with Crippen molar-refractivity contribution in [3.8, 4) is 0 Å². The van der Waals surface area contributed by atoms with E-state index in [1.165, 1.54) is 17.1 Å². The van der Waals surface area contributed by atoms with Crippen molar-refractivity contribution in [1.82, 2.24) is 14.8 Å². The van der Waals surface area contributed by atoms with Gasteiger partial charge in [0, 0.05) is 10.6 Å². The molecule has 2 N–H and O–H groups in total. The summed E-state index contributed by atoms with van der Waals surface area (Å²) in [4.78, 5) is 3.99. The molecule has 1 aromatic carbocycles. The molecule has 0 radical (unpaired) electrons. The number of nitrogens with two attached hydrogens (primary N) is 1. The summed E-state index contributed by atoms with van der Waals surface area (Å²) in [6, 6.07) is 4.50. The predicted molar refractivity (Wildman–Crippen MR) is 66.4 cm³/mol. The van der Waals surface area contributed by atoms with E-state index in [1.807, 2.05) is 0 Å². The Labute approximate surface area is 107 Å². The summed E-state index contributed by atoms with van der Waals surface area (Å²) in [5, 5.41) is 4.35. The molecule has 0 aliphatic carbocycles. The monoisotopic (exact) mass is 270 g/mol. The normalized spacial score (nSPS) is 10.5. The van der Waals surface area contributed by atoms with Gasteiger partial charge in [0.05, 0.1) is 6.54 Å². The number of rotatable bonds is 3. The van der Waals surface area contributed by atoms with Crippen molar-refractivity contribution in [3.63, 3.8) is 0 Å². The van der Waals surface area contributed by atoms with Gasteiger partial charge in [-0.3, -0.25) is 0 Å². The van der Waals surface area contributed by atoms with Crippen LogP contribution in [0, 0.1) is 5.82 Å². The van der Waals surface area contributed by atoms with Gasteiger partial charge in [-0.25, -0.2) is 14.1 Å². The molecule has 0 spiro atoms. The molecule has 0 aliphatic rings. The lowest BCUT2D eigenvalue weighted by atomic mass is 10.2. The van der Waals surface area contributed by atoms with Gasteiger partial charge in [-0.2, -0.15) is 0 Å². The van der Waals surface area contributed by atoms with E-state index < -0.39 is 0 Å². The van der Waals surface area contributed by atoms with Gasteiger partial charge in [0.1, 0.15) is 17.1 Å². The number of benzene rings is 1. The summed E-state index contributed by atoms with van der Waals surface area (Å²) < 4.78 is 14.9. The maximum atomic E-state index is 13.5. The fourth-order valence-electron chi connectivity index (χ4n) is 1.33. The highest BCUT2D eigenvalue weighted by Gasteiger charge is 2.09. The van der Waals surface area contributed by atoms with E-state index in [9.17, 15) is 4.39 Å². The first kappa shape index (κ1) is 11.9. The number of halogens is 2. The van der Waals surface area contributed by atoms with Gasteiger partial charge in [0.15, 0.2) is 0 Å². The Bertz CT molecular complexity index is 549. The molecule has 1 heterocycles. The van der Waals surface area contributed by atoms with Crippen LogP contribution in [0.3, 0.4) is 0 Å². The van der Waals surface area contributed by atoms with Gasteiger partial charge in [-0.15, -0.1) is 5.10 Å². The van der Waals surface area contributed by atoms with Crippen LogP contribution in [0.4, 0.5) is 4.39 Å². The second-order valence-corrected chi connectivity index (χ2v) is 4.18. The lowest BCUT2D eigenvalue weighted by Gasteiger charge is -2.04. The van der Waals surface area contributed by atoms with Crippen molar-refractivity contribution in [2.45, 2.75) is 6.54 Å². The molecule has 0 aliphatic heterocycles. The van der Waals surface area contributed by atoms with Crippen LogP contribution >= 0.6 is 23.8 Å². The number of nitrogens with zero attached hydrogens (tertiary/aromatic N) is 3. The van der Waals surface area contributed by atoms with Gasteiger partial charge in [-0.1, -0.05) is 29.9 Å². The highest BCUT2D eigenvalue weighted by molar-refractivity contribution is 7.80. The van der Waals surface area contributed by atoms with Crippen molar-refractivity contribution in [2.24, 2.45) is 5.73 Å². The Balaban J connectivity index is 2.28. The zero-order valence-electron chi connectivity index (χ0n) is 8.60. The molecule has 0 atom stereocenters. The molecule has 0 unspecified atom stereocenters. The van der Waals surface area contributed by atoms with Crippen LogP contribution in [-0.2, 0) is 6.54 Å². The van der Waals surface area contributed by atoms with Gasteiger partial charge < -0.3 is 5.73 Å². The first-order chi connectivity index (χ1) is 8.08. The summed E-state index contributed by atoms with van der Waals surface area (Å²) in [6.45, 7) is 0.182. The van der Waals surface area contributed by atoms with Crippen LogP contribution in [-0.4, -0.2) is 19.8 Å². The van der Waals surface area contributed by atoms with Crippen LogP contribution in [0.25, 0.3) is 0 Å². The number of aromatic nitrogens is 3. The van der Waals surface area contributed by atoms with Crippen LogP contribution in [0.5, 0.6) is 0 Å². The Morgan fingerprint density at radius 2 is 2.29 bits per heavy atom. The maximum Gasteiger partial charge on any atom is 0.208 e. The quantitative estimate of drug-likeness (QED) is 0.864. The standard InChI is InChI=1S/C10H8ClFN4S/c11-7-2-1-3-8(12)6(7)4-16-5-14-10(15-16)9(13)17/h1-3,5H,4H2,(H2,13,17). The van der Waals surface area contributed by atoms with Gasteiger partial charge in [0.2, 0.25) is 5.82 Å². The first-order valence-corrected chi connectivity index (χ1v) is 5.48. The third-order valence-electron chi connectivity index (χ3n) is 2.14. The minimum absolute atomic E-state index is 0.100. The van der Waals surface area contributed by atoms with Crippen LogP contribution in [0.2, 0.25) is 5.02 Å². The zero-order valence-corrected chi connectivity index (χ0v) is 10.2. The molecule has 2 rings (SSSR count). The topological polar surface area (TPSA) is 56.7 Å². The molecule has 88 valence electrons. The van der Waals surface area contributed by atoms with Gasteiger partial charge in [0.25, 0.3) is 0 Å². The average molecular weight is 271 g/mol. The largest absolute Gasteiger partial charge is 0.387 e. The zero-order chi connectivity index (χ0) is 12.4. The summed E-state index contributed by atoms with van der Waals surface area (Å²) in [5.41, 5.74) is 5.73. The Morgan fingerprint density at radius 1 is 1.53 bits per heavy atom. The first-order valence-electron chi connectivity index (χ1n) is 4.70. The van der Waals surface area contributed by atoms with E-state index in [4.69, 9.17) is 29.6 Å². The maximum absolute atomic E-state index is 13.5. The Kier molecular flexibility index (Phi) is 3.35. The van der Waals surface area contributed by atoms with E-state index in [0.29, 0.717) is 10.6 Å². The van der Waals surface area contributed by atoms with Crippen molar-refractivity contribution in [1.29, 1.82) is 0 Å². The van der Waals surface area contributed by atoms with E-state index >= 15 is 0 Å². The molecule has 0 fully saturated rings. The highest BCUT2D eigenvalue weighted by atomic mass is 35.5. The second-order valence-electron chi connectivity index (χ2n) is 3.33. The molecular weight excluding hydrogens is 263 g/mol. The third kappa shape index (κ3) is 2.59. The van der Waals surface area contributed by atoms with E-state index in [0.717, 1.165) is 0 Å². The summed E-state index contributed by atoms with van der Waals surface area (Å²) in [6.07, 6.45) is 1.43. The van der Waals surface area contributed by atoms with Crippen molar-refractivity contribution in [3.05, 3.63) is 46.8 Å². The van der Waals surface area contributed by atoms with Crippen LogP contribution < -0.4 is 5.73 Å². The summed E-state index contributed by atoms with van der Waals surface area (Å²) in [7, 11) is 0. The summed E-state index contributed by atoms with van der Waals surface area (Å²) >= 11 is 10.6. The summed E-state index contributed by atoms with van der Waals surface area (Å²) in [5.74, 6) is -0.127. The second kappa shape index (κ2) is 4.77. The molecular formula is C10H8ClFN4S. The van der Waals surface area contributed by atoms with Gasteiger partial charge >= 0.3 is 0 Å². The molecule has 0 saturated heterocycles. The molecule has 4 nitrogen and oxygen atoms in total. The molecule has 0 amide bonds. The van der Waals surface area contributed by atoms with Crippen molar-refractivity contribution in [2.75, 3.05) is 0 Å². The smallest absolute Gasteiger partial charge is 0.208 e. The predicted octanol–water partition coefficient (Wildman–Crippen LogP) is 1.75. The van der Waals surface area contributed by atoms with E-state index in [1.54, 1.807) is 12.1 Å². The van der Waals surface area contributed by atoms with E-state index in [-0.39, 0.29) is 23.2 Å². The van der Waals surface area contributed by atoms with Crippen LogP contribution in [0.1, 0.15) is 11.4 Å². The fraction of sp³-hybridized carbons (Fsp3) is 0.100. The minimum atomic E-state index is -0.384. The van der Waals surface area contributed by atoms with Gasteiger partial charge in [-0.05, 0) is 12.1 Å². The number of hydrogen-bond donors (Lipinski definition) is 1. The molecule has 0 saturated carbocycles. The lowest BCUT2D eigenvalue weighted by Crippen LogP contribution is -2.12. The Hall–Kier alpha value is -1.53. The SMILES string of the molecule is NC(=S)c1ncn(Cc2c(F)cccc2Cl)n1. The molecule has 0 bridgehead atoms. The molecule has 2 aromatic rings. The van der Waals surface area contributed by atoms with Crippen molar-refractivity contribution >= 4 is 28.8 Å². The third-order valence-corrected chi connectivity index (χ3v) is 2.68. The Morgan fingerprint density at radius 3 is 2.88 bits per heavy atom. The number of thiocarbonyl (C=S) groups is 1. The highest BCUT2D eigenvalue weighted by Crippen LogP contribution is 2.19. The fourth-order valence-corrected chi connectivity index (χ4v) is 1.65. The van der Waals surface area contributed by atoms with Crippen molar-refractivity contribution < 1.29 is 4.39 Å².